The van der Waals surface area contributed by atoms with E-state index in [4.69, 9.17) is 11.6 Å². The van der Waals surface area contributed by atoms with Crippen molar-refractivity contribution in [3.63, 3.8) is 0 Å². The zero-order valence-corrected chi connectivity index (χ0v) is 11.8. The average Bonchev–Trinajstić information content (AvgIpc) is 2.45. The molecule has 0 N–H and O–H groups in total. The van der Waals surface area contributed by atoms with Gasteiger partial charge in [0.05, 0.1) is 15.4 Å². The Balaban J connectivity index is 2.71. The highest BCUT2D eigenvalue weighted by molar-refractivity contribution is 6.30. The molecule has 0 fully saturated rings. The topological polar surface area (TPSA) is 86.3 Å². The van der Waals surface area contributed by atoms with Crippen LogP contribution in [0, 0.1) is 20.2 Å². The van der Waals surface area contributed by atoms with Crippen LogP contribution in [0.4, 0.5) is 24.5 Å². The third kappa shape index (κ3) is 3.39. The molecule has 6 nitrogen and oxygen atoms in total. The lowest BCUT2D eigenvalue weighted by molar-refractivity contribution is -0.422. The fourth-order valence-electron chi connectivity index (χ4n) is 1.99. The molecule has 0 heterocycles. The lowest BCUT2D eigenvalue weighted by Crippen LogP contribution is -2.07. The molecule has 0 bridgehead atoms. The van der Waals surface area contributed by atoms with Crippen LogP contribution in [0.15, 0.2) is 36.4 Å². The summed E-state index contributed by atoms with van der Waals surface area (Å²) in [6.45, 7) is 0. The summed E-state index contributed by atoms with van der Waals surface area (Å²) in [5.41, 5.74) is -3.32. The normalized spacial score (nSPS) is 11.3. The van der Waals surface area contributed by atoms with E-state index in [2.05, 4.69) is 0 Å². The predicted octanol–water partition coefficient (Wildman–Crippen LogP) is 4.84. The molecule has 2 rings (SSSR count). The average molecular weight is 347 g/mol. The maximum absolute atomic E-state index is 13.1. The van der Waals surface area contributed by atoms with Gasteiger partial charge < -0.3 is 0 Å². The number of hydrogen-bond donors (Lipinski definition) is 0. The second-order valence-electron chi connectivity index (χ2n) is 4.41. The Bertz CT molecular complexity index is 808. The molecule has 0 spiro atoms. The summed E-state index contributed by atoms with van der Waals surface area (Å²) >= 11 is 5.56. The summed E-state index contributed by atoms with van der Waals surface area (Å²) in [4.78, 5) is 19.7. The number of halogens is 4. The van der Waals surface area contributed by atoms with Gasteiger partial charge in [0.15, 0.2) is 0 Å². The van der Waals surface area contributed by atoms with Crippen LogP contribution in [0.1, 0.15) is 5.56 Å². The Morgan fingerprint density at radius 1 is 0.913 bits per heavy atom. The highest BCUT2D eigenvalue weighted by atomic mass is 35.5. The quantitative estimate of drug-likeness (QED) is 0.587. The first-order chi connectivity index (χ1) is 10.6. The van der Waals surface area contributed by atoms with E-state index in [0.717, 1.165) is 24.3 Å². The molecule has 0 aliphatic rings. The smallest absolute Gasteiger partial charge is 0.258 e. The maximum Gasteiger partial charge on any atom is 0.417 e. The molecule has 0 radical (unpaired) electrons. The second-order valence-corrected chi connectivity index (χ2v) is 4.84. The van der Waals surface area contributed by atoms with Gasteiger partial charge in [-0.05, 0) is 29.3 Å². The molecule has 0 saturated heterocycles. The summed E-state index contributed by atoms with van der Waals surface area (Å²) in [5, 5.41) is 21.5. The molecule has 23 heavy (non-hydrogen) atoms. The van der Waals surface area contributed by atoms with E-state index in [0.29, 0.717) is 6.07 Å². The highest BCUT2D eigenvalue weighted by Crippen LogP contribution is 2.40. The molecule has 120 valence electrons. The van der Waals surface area contributed by atoms with Crippen molar-refractivity contribution in [3.8, 4) is 11.1 Å². The molecule has 0 amide bonds. The van der Waals surface area contributed by atoms with Gasteiger partial charge in [-0.15, -0.1) is 0 Å². The molecule has 0 unspecified atom stereocenters. The Kier molecular flexibility index (Phi) is 4.24. The maximum atomic E-state index is 13.1. The number of nitro benzene ring substituents is 2. The van der Waals surface area contributed by atoms with Crippen LogP contribution in [0.2, 0.25) is 5.02 Å². The van der Waals surface area contributed by atoms with E-state index in [-0.39, 0.29) is 16.1 Å². The van der Waals surface area contributed by atoms with Crippen molar-refractivity contribution in [3.05, 3.63) is 67.2 Å². The summed E-state index contributed by atoms with van der Waals surface area (Å²) < 4.78 is 39.2. The van der Waals surface area contributed by atoms with E-state index >= 15 is 0 Å². The molecular weight excluding hydrogens is 341 g/mol. The summed E-state index contributed by atoms with van der Waals surface area (Å²) in [6, 6.07) is 5.47. The van der Waals surface area contributed by atoms with Gasteiger partial charge in [-0.2, -0.15) is 13.2 Å². The fraction of sp³-hybridized carbons (Fsp3) is 0.0769. The molecule has 0 atom stereocenters. The number of hydrogen-bond acceptors (Lipinski definition) is 4. The molecule has 0 aliphatic carbocycles. The largest absolute Gasteiger partial charge is 0.417 e. The van der Waals surface area contributed by atoms with Crippen molar-refractivity contribution >= 4 is 23.0 Å². The van der Waals surface area contributed by atoms with Crippen LogP contribution >= 0.6 is 11.6 Å². The monoisotopic (exact) mass is 346 g/mol. The molecule has 2 aromatic carbocycles. The van der Waals surface area contributed by atoms with Crippen LogP contribution in [0.25, 0.3) is 11.1 Å². The van der Waals surface area contributed by atoms with E-state index in [1.807, 2.05) is 0 Å². The second kappa shape index (κ2) is 5.84. The first-order valence-electron chi connectivity index (χ1n) is 5.91. The van der Waals surface area contributed by atoms with Gasteiger partial charge in [0.2, 0.25) is 0 Å². The molecule has 0 aliphatic heterocycles. The standard InChI is InChI=1S/C13H6ClF3N2O4/c14-8-2-3-9(10(6-8)13(15,16)17)7-1-4-11(18(20)21)12(5-7)19(22)23/h1-6H. The van der Waals surface area contributed by atoms with E-state index in [1.54, 1.807) is 0 Å². The van der Waals surface area contributed by atoms with E-state index in [9.17, 15) is 33.4 Å². The first-order valence-corrected chi connectivity index (χ1v) is 6.29. The number of nitrogens with zero attached hydrogens (tertiary/aromatic N) is 2. The minimum absolute atomic E-state index is 0.155. The van der Waals surface area contributed by atoms with Crippen molar-refractivity contribution in [2.45, 2.75) is 6.18 Å². The van der Waals surface area contributed by atoms with Gasteiger partial charge in [0, 0.05) is 17.2 Å². The van der Waals surface area contributed by atoms with Gasteiger partial charge in [-0.1, -0.05) is 17.7 Å². The van der Waals surface area contributed by atoms with Crippen LogP contribution in [0.5, 0.6) is 0 Å². The molecular formula is C13H6ClF3N2O4. The Morgan fingerprint density at radius 2 is 1.52 bits per heavy atom. The van der Waals surface area contributed by atoms with E-state index < -0.39 is 33.0 Å². The number of alkyl halides is 3. The lowest BCUT2D eigenvalue weighted by Gasteiger charge is -2.13. The third-order valence-corrected chi connectivity index (χ3v) is 3.20. The SMILES string of the molecule is O=[N+]([O-])c1ccc(-c2ccc(Cl)cc2C(F)(F)F)cc1[N+](=O)[O-]. The van der Waals surface area contributed by atoms with Gasteiger partial charge in [0.1, 0.15) is 0 Å². The Morgan fingerprint density at radius 3 is 2.04 bits per heavy atom. The number of nitro groups is 2. The Hall–Kier alpha value is -2.68. The third-order valence-electron chi connectivity index (χ3n) is 2.97. The van der Waals surface area contributed by atoms with E-state index in [1.165, 1.54) is 6.07 Å². The zero-order chi connectivity index (χ0) is 17.4. The van der Waals surface area contributed by atoms with Gasteiger partial charge in [0.25, 0.3) is 0 Å². The van der Waals surface area contributed by atoms with Crippen molar-refractivity contribution in [2.24, 2.45) is 0 Å². The van der Waals surface area contributed by atoms with Crippen molar-refractivity contribution in [1.29, 1.82) is 0 Å². The van der Waals surface area contributed by atoms with Gasteiger partial charge in [-0.25, -0.2) is 0 Å². The summed E-state index contributed by atoms with van der Waals surface area (Å²) in [6.07, 6.45) is -4.74. The summed E-state index contributed by atoms with van der Waals surface area (Å²) in [7, 11) is 0. The van der Waals surface area contributed by atoms with Crippen LogP contribution < -0.4 is 0 Å². The zero-order valence-electron chi connectivity index (χ0n) is 11.0. The first kappa shape index (κ1) is 16.7. The molecule has 0 saturated carbocycles. The number of rotatable bonds is 3. The minimum Gasteiger partial charge on any atom is -0.258 e. The van der Waals surface area contributed by atoms with Crippen molar-refractivity contribution < 1.29 is 23.0 Å². The Labute approximate surface area is 131 Å². The van der Waals surface area contributed by atoms with Crippen LogP contribution in [-0.4, -0.2) is 9.85 Å². The molecule has 2 aromatic rings. The van der Waals surface area contributed by atoms with Crippen LogP contribution in [-0.2, 0) is 6.18 Å². The fourth-order valence-corrected chi connectivity index (χ4v) is 2.17. The molecule has 0 aromatic heterocycles. The minimum atomic E-state index is -4.74. The predicted molar refractivity (Wildman–Crippen MR) is 75.2 cm³/mol. The highest BCUT2D eigenvalue weighted by Gasteiger charge is 2.35. The van der Waals surface area contributed by atoms with Crippen LogP contribution in [0.3, 0.4) is 0 Å². The van der Waals surface area contributed by atoms with Crippen molar-refractivity contribution in [2.75, 3.05) is 0 Å². The van der Waals surface area contributed by atoms with Gasteiger partial charge in [-0.3, -0.25) is 20.2 Å². The lowest BCUT2D eigenvalue weighted by atomic mass is 9.98. The van der Waals surface area contributed by atoms with Gasteiger partial charge >= 0.3 is 17.6 Å². The number of benzene rings is 2. The summed E-state index contributed by atoms with van der Waals surface area (Å²) in [5.74, 6) is 0. The molecule has 10 heteroatoms. The van der Waals surface area contributed by atoms with Crippen molar-refractivity contribution in [1.82, 2.24) is 0 Å².